The fraction of sp³-hybridized carbons (Fsp3) is 0.536. The van der Waals surface area contributed by atoms with Crippen LogP contribution < -0.4 is 4.90 Å². The van der Waals surface area contributed by atoms with Crippen LogP contribution in [0.2, 0.25) is 0 Å². The van der Waals surface area contributed by atoms with E-state index in [1.807, 2.05) is 9.80 Å². The van der Waals surface area contributed by atoms with Gasteiger partial charge in [0, 0.05) is 38.9 Å². The van der Waals surface area contributed by atoms with Crippen LogP contribution in [0.25, 0.3) is 11.1 Å². The summed E-state index contributed by atoms with van der Waals surface area (Å²) in [5.41, 5.74) is 6.26. The predicted molar refractivity (Wildman–Crippen MR) is 131 cm³/mol. The lowest BCUT2D eigenvalue weighted by Crippen LogP contribution is -2.40. The number of hydrogen-bond acceptors (Lipinski definition) is 3. The molecular formula is C28H36N2O3. The van der Waals surface area contributed by atoms with Crippen LogP contribution in [-0.2, 0) is 11.2 Å². The third-order valence-corrected chi connectivity index (χ3v) is 7.95. The lowest BCUT2D eigenvalue weighted by atomic mass is 9.77. The number of likely N-dealkylation sites (tertiary alicyclic amines) is 1. The number of carbonyl (C=O) groups excluding carboxylic acids is 1. The number of rotatable bonds is 5. The number of urea groups is 1. The first-order valence-electron chi connectivity index (χ1n) is 12.6. The third-order valence-electron chi connectivity index (χ3n) is 7.95. The van der Waals surface area contributed by atoms with Gasteiger partial charge < -0.3 is 14.7 Å². The molecule has 0 spiro atoms. The summed E-state index contributed by atoms with van der Waals surface area (Å²) in [4.78, 5) is 16.8. The normalized spacial score (nSPS) is 23.6. The van der Waals surface area contributed by atoms with Crippen molar-refractivity contribution in [3.8, 4) is 11.1 Å². The van der Waals surface area contributed by atoms with Crippen LogP contribution >= 0.6 is 0 Å². The highest BCUT2D eigenvalue weighted by atomic mass is 16.6. The van der Waals surface area contributed by atoms with Crippen molar-refractivity contribution in [1.82, 2.24) is 4.90 Å². The van der Waals surface area contributed by atoms with Gasteiger partial charge in [0.05, 0.1) is 0 Å². The van der Waals surface area contributed by atoms with E-state index >= 15 is 0 Å². The van der Waals surface area contributed by atoms with Gasteiger partial charge in [0.1, 0.15) is 0 Å². The van der Waals surface area contributed by atoms with E-state index in [0.29, 0.717) is 11.8 Å². The number of carbonyl (C=O) groups is 1. The molecule has 2 aromatic rings. The maximum absolute atomic E-state index is 12.9. The van der Waals surface area contributed by atoms with E-state index < -0.39 is 6.29 Å². The zero-order valence-electron chi connectivity index (χ0n) is 19.7. The predicted octanol–water partition coefficient (Wildman–Crippen LogP) is 5.56. The highest BCUT2D eigenvalue weighted by Gasteiger charge is 2.30. The minimum absolute atomic E-state index is 0.176. The summed E-state index contributed by atoms with van der Waals surface area (Å²) in [7, 11) is 1.57. The molecular weight excluding hydrogens is 412 g/mol. The number of amides is 2. The molecule has 1 unspecified atom stereocenters. The van der Waals surface area contributed by atoms with Crippen LogP contribution in [0.4, 0.5) is 10.5 Å². The number of benzene rings is 2. The molecule has 5 nitrogen and oxygen atoms in total. The summed E-state index contributed by atoms with van der Waals surface area (Å²) in [5, 5.41) is 9.74. The van der Waals surface area contributed by atoms with Crippen LogP contribution in [0.15, 0.2) is 42.5 Å². The number of fused-ring (bicyclic) bond motifs is 1. The van der Waals surface area contributed by atoms with Gasteiger partial charge in [-0.2, -0.15) is 0 Å². The Morgan fingerprint density at radius 3 is 2.39 bits per heavy atom. The second-order valence-electron chi connectivity index (χ2n) is 9.99. The topological polar surface area (TPSA) is 53.0 Å². The highest BCUT2D eigenvalue weighted by Crippen LogP contribution is 2.39. The number of hydrogen-bond donors (Lipinski definition) is 1. The van der Waals surface area contributed by atoms with Gasteiger partial charge in [-0.1, -0.05) is 30.3 Å². The average molecular weight is 449 g/mol. The molecule has 1 aliphatic carbocycles. The molecule has 0 aromatic heterocycles. The monoisotopic (exact) mass is 448 g/mol. The number of nitrogens with zero attached hydrogens (tertiary/aromatic N) is 2. The minimum Gasteiger partial charge on any atom is -0.368 e. The van der Waals surface area contributed by atoms with Crippen LogP contribution in [-0.4, -0.2) is 49.1 Å². The molecule has 33 heavy (non-hydrogen) atoms. The smallest absolute Gasteiger partial charge is 0.324 e. The standard InChI is InChI=1S/C28H36N2O3/c1-33-27(31)18-20-4-6-21(7-5-20)22-8-10-23(11-9-22)24-12-13-26-25(19-24)14-17-30(26)28(32)29-15-2-3-16-29/h8-13,19-21,27,31H,2-7,14-18H2,1H3. The quantitative estimate of drug-likeness (QED) is 0.609. The SMILES string of the molecule is COC(O)CC1CCC(c2ccc(-c3ccc4c(c3)CCN4C(=O)N3CCCC3)cc2)CC1. The molecule has 2 amide bonds. The third kappa shape index (κ3) is 4.80. The van der Waals surface area contributed by atoms with Gasteiger partial charge in [0.15, 0.2) is 6.29 Å². The van der Waals surface area contributed by atoms with Crippen molar-refractivity contribution >= 4 is 11.7 Å². The van der Waals surface area contributed by atoms with Gasteiger partial charge >= 0.3 is 6.03 Å². The van der Waals surface area contributed by atoms with E-state index in [0.717, 1.165) is 63.8 Å². The van der Waals surface area contributed by atoms with Gasteiger partial charge in [-0.3, -0.25) is 4.90 Å². The fourth-order valence-electron chi connectivity index (χ4n) is 5.92. The zero-order chi connectivity index (χ0) is 22.8. The van der Waals surface area contributed by atoms with E-state index in [2.05, 4.69) is 42.5 Å². The molecule has 176 valence electrons. The summed E-state index contributed by atoms with van der Waals surface area (Å²) >= 11 is 0. The number of aliphatic hydroxyl groups is 1. The lowest BCUT2D eigenvalue weighted by Gasteiger charge is -2.29. The Hall–Kier alpha value is -2.37. The van der Waals surface area contributed by atoms with E-state index in [1.54, 1.807) is 7.11 Å². The molecule has 1 saturated heterocycles. The van der Waals surface area contributed by atoms with Crippen LogP contribution in [0.1, 0.15) is 62.0 Å². The lowest BCUT2D eigenvalue weighted by molar-refractivity contribution is -0.0897. The first-order valence-corrected chi connectivity index (χ1v) is 12.6. The Kier molecular flexibility index (Phi) is 6.70. The van der Waals surface area contributed by atoms with Crippen molar-refractivity contribution < 1.29 is 14.6 Å². The molecule has 2 aromatic carbocycles. The summed E-state index contributed by atoms with van der Waals surface area (Å²) in [6.45, 7) is 2.58. The molecule has 1 N–H and O–H groups in total. The van der Waals surface area contributed by atoms with Crippen molar-refractivity contribution in [2.24, 2.45) is 5.92 Å². The molecule has 2 fully saturated rings. The summed E-state index contributed by atoms with van der Waals surface area (Å²) in [5.74, 6) is 1.18. The van der Waals surface area contributed by atoms with Crippen LogP contribution in [0, 0.1) is 5.92 Å². The summed E-state index contributed by atoms with van der Waals surface area (Å²) in [6, 6.07) is 15.8. The van der Waals surface area contributed by atoms with Gasteiger partial charge in [-0.05, 0) is 91.2 Å². The average Bonchev–Trinajstić information content (AvgIpc) is 3.54. The second kappa shape index (κ2) is 9.86. The molecule has 5 heteroatoms. The Balaban J connectivity index is 1.23. The molecule has 2 aliphatic heterocycles. The van der Waals surface area contributed by atoms with Crippen LogP contribution in [0.5, 0.6) is 0 Å². The van der Waals surface area contributed by atoms with Gasteiger partial charge in [-0.15, -0.1) is 0 Å². The molecule has 1 atom stereocenters. The molecule has 0 radical (unpaired) electrons. The highest BCUT2D eigenvalue weighted by molar-refractivity contribution is 5.95. The van der Waals surface area contributed by atoms with E-state index in [9.17, 15) is 9.90 Å². The Morgan fingerprint density at radius 2 is 1.70 bits per heavy atom. The van der Waals surface area contributed by atoms with Gasteiger partial charge in [0.2, 0.25) is 0 Å². The van der Waals surface area contributed by atoms with E-state index in [-0.39, 0.29) is 6.03 Å². The Labute approximate surface area is 197 Å². The van der Waals surface area contributed by atoms with Gasteiger partial charge in [0.25, 0.3) is 0 Å². The van der Waals surface area contributed by atoms with E-state index in [4.69, 9.17) is 4.74 Å². The fourth-order valence-corrected chi connectivity index (χ4v) is 5.92. The molecule has 1 saturated carbocycles. The van der Waals surface area contributed by atoms with Crippen molar-refractivity contribution in [1.29, 1.82) is 0 Å². The maximum Gasteiger partial charge on any atom is 0.324 e. The van der Waals surface area contributed by atoms with Crippen LogP contribution in [0.3, 0.4) is 0 Å². The molecule has 5 rings (SSSR count). The van der Waals surface area contributed by atoms with Gasteiger partial charge in [-0.25, -0.2) is 4.79 Å². The first-order chi connectivity index (χ1) is 16.1. The maximum atomic E-state index is 12.9. The van der Waals surface area contributed by atoms with Crippen molar-refractivity contribution in [2.75, 3.05) is 31.6 Å². The van der Waals surface area contributed by atoms with Crippen molar-refractivity contribution in [3.63, 3.8) is 0 Å². The molecule has 0 bridgehead atoms. The van der Waals surface area contributed by atoms with Crippen molar-refractivity contribution in [2.45, 2.75) is 63.6 Å². The van der Waals surface area contributed by atoms with E-state index in [1.165, 1.54) is 35.1 Å². The minimum atomic E-state index is -0.622. The zero-order valence-corrected chi connectivity index (χ0v) is 19.7. The Bertz CT molecular complexity index is 960. The largest absolute Gasteiger partial charge is 0.368 e. The summed E-state index contributed by atoms with van der Waals surface area (Å²) in [6.07, 6.45) is 7.99. The summed E-state index contributed by atoms with van der Waals surface area (Å²) < 4.78 is 5.02. The van der Waals surface area contributed by atoms with Crippen molar-refractivity contribution in [3.05, 3.63) is 53.6 Å². The first kappa shape index (κ1) is 22.4. The molecule has 2 heterocycles. The second-order valence-corrected chi connectivity index (χ2v) is 9.99. The Morgan fingerprint density at radius 1 is 1.00 bits per heavy atom. The number of ether oxygens (including phenoxy) is 1. The number of anilines is 1. The molecule has 3 aliphatic rings. The number of methoxy groups -OCH3 is 1. The number of aliphatic hydroxyl groups excluding tert-OH is 1.